The second-order valence-corrected chi connectivity index (χ2v) is 0. The summed E-state index contributed by atoms with van der Waals surface area (Å²) in [6.45, 7) is 0. The zero-order valence-corrected chi connectivity index (χ0v) is 14.3. The third-order valence-electron chi connectivity index (χ3n) is 0. The quantitative estimate of drug-likeness (QED) is 0.315. The predicted octanol–water partition coefficient (Wildman–Crippen LogP) is -1.80. The summed E-state index contributed by atoms with van der Waals surface area (Å²) in [5.41, 5.74) is 0. The van der Waals surface area contributed by atoms with Gasteiger partial charge in [-0.15, -0.1) is 0 Å². The van der Waals surface area contributed by atoms with Gasteiger partial charge in [-0.25, -0.2) is 0 Å². The Bertz CT molecular complexity index is 17.7. The van der Waals surface area contributed by atoms with E-state index in [4.69, 9.17) is 0 Å². The van der Waals surface area contributed by atoms with E-state index in [1.807, 2.05) is 0 Å². The van der Waals surface area contributed by atoms with E-state index in [0.717, 1.165) is 0 Å². The average Bonchev–Trinajstić information content (AvgIpc) is 0. The van der Waals surface area contributed by atoms with Crippen LogP contribution in [0.15, 0.2) is 0 Å². The molecule has 0 heterocycles. The number of hydrogen-bond acceptors (Lipinski definition) is 1. The van der Waals surface area contributed by atoms with Crippen LogP contribution in [-0.4, -0.2) is 28.3 Å². The predicted molar refractivity (Wildman–Crippen MR) is 25.2 cm³/mol. The molecular weight excluding hydrogens is 433 g/mol. The van der Waals surface area contributed by atoms with Crippen molar-refractivity contribution in [2.24, 2.45) is 0 Å². The first kappa shape index (κ1) is 185. The van der Waals surface area contributed by atoms with E-state index in [9.17, 15) is 0 Å². The van der Waals surface area contributed by atoms with Crippen molar-refractivity contribution in [3.05, 3.63) is 0 Å². The molecule has 0 amide bonds. The molecule has 1 unspecified atom stereocenters. The normalized spacial score (nSPS) is 0. The van der Waals surface area contributed by atoms with Crippen LogP contribution < -0.4 is 0 Å². The molecule has 0 spiro atoms. The van der Waals surface area contributed by atoms with Crippen molar-refractivity contribution in [2.75, 3.05) is 0 Å². The first-order valence-electron chi connectivity index (χ1n) is 0. The Kier molecular flexibility index (Phi) is 2680. The topological polar surface area (TPSA) is 176 Å². The van der Waals surface area contributed by atoms with Gasteiger partial charge in [0.2, 0.25) is 0 Å². The second-order valence-electron chi connectivity index (χ2n) is 0. The van der Waals surface area contributed by atoms with Crippen LogP contribution in [0.2, 0.25) is 0 Å². The van der Waals surface area contributed by atoms with Crippen LogP contribution in [0, 0.1) is 77.3 Å². The van der Waals surface area contributed by atoms with E-state index < -0.39 is 0 Å². The van der Waals surface area contributed by atoms with Crippen molar-refractivity contribution >= 4 is 27.3 Å². The fourth-order valence-electron chi connectivity index (χ4n) is 0. The SMILES string of the molecule is O.P.[Al+3].[Ce+3].[La+3].[O-2].[O-2].[O-2].[O-2].[OH-]. The fraction of sp³-hybridized carbons (Fsp3) is 0. The standard InChI is InChI=1S/Al.Ce.La.2H2O.4O.H3P/h;;;2*1H2;;;;;1H3/q3*+3;;;4*-2;/p-1. The molecule has 0 aromatic carbocycles. The summed E-state index contributed by atoms with van der Waals surface area (Å²) in [5, 5.41) is 0. The summed E-state index contributed by atoms with van der Waals surface area (Å²) >= 11 is 0. The average molecular weight is 439 g/mol. The molecule has 0 rings (SSSR count). The minimum atomic E-state index is 0. The molecule has 0 fully saturated rings. The minimum absolute atomic E-state index is 0. The first-order valence-corrected chi connectivity index (χ1v) is 0. The number of rotatable bonds is 0. The van der Waals surface area contributed by atoms with Crippen molar-refractivity contribution in [3.8, 4) is 0 Å². The Morgan fingerprint density at radius 2 is 0.700 bits per heavy atom. The Hall–Kier alpha value is 3.29. The third-order valence-corrected chi connectivity index (χ3v) is 0. The van der Waals surface area contributed by atoms with Crippen molar-refractivity contribution in [1.82, 2.24) is 0 Å². The van der Waals surface area contributed by atoms with Crippen molar-refractivity contribution < 1.29 is 110 Å². The number of hydrogen-bond donors (Lipinski definition) is 0. The molecule has 0 aliphatic rings. The van der Waals surface area contributed by atoms with Crippen LogP contribution in [0.1, 0.15) is 0 Å². The third kappa shape index (κ3) is 110. The van der Waals surface area contributed by atoms with Gasteiger partial charge >= 0.3 is 94.7 Å². The zero-order valence-electron chi connectivity index (χ0n) is 4.94. The van der Waals surface area contributed by atoms with Crippen molar-refractivity contribution in [2.45, 2.75) is 0 Å². The fourth-order valence-corrected chi connectivity index (χ4v) is 0. The van der Waals surface area contributed by atoms with Gasteiger partial charge in [0.25, 0.3) is 0 Å². The molecule has 1 atom stereocenters. The summed E-state index contributed by atoms with van der Waals surface area (Å²) in [6, 6.07) is 0. The van der Waals surface area contributed by atoms with Gasteiger partial charge in [-0.3, -0.25) is 0 Å². The van der Waals surface area contributed by atoms with Gasteiger partial charge < -0.3 is 32.9 Å². The Morgan fingerprint density at radius 3 is 0.700 bits per heavy atom. The summed E-state index contributed by atoms with van der Waals surface area (Å²) < 4.78 is 0. The van der Waals surface area contributed by atoms with Gasteiger partial charge in [0, 0.05) is 0 Å². The monoisotopic (exact) mass is 439 g/mol. The van der Waals surface area contributed by atoms with Crippen LogP contribution in [0.3, 0.4) is 0 Å². The summed E-state index contributed by atoms with van der Waals surface area (Å²) in [4.78, 5) is 0. The van der Waals surface area contributed by atoms with Gasteiger partial charge in [-0.05, 0) is 0 Å². The molecule has 0 aromatic rings. The Morgan fingerprint density at radius 1 is 0.700 bits per heavy atom. The van der Waals surface area contributed by atoms with E-state index in [1.54, 1.807) is 0 Å². The van der Waals surface area contributed by atoms with Gasteiger partial charge in [-0.1, -0.05) is 0 Å². The Labute approximate surface area is 135 Å². The molecule has 10 heavy (non-hydrogen) atoms. The van der Waals surface area contributed by atoms with Gasteiger partial charge in [-0.2, -0.15) is 9.90 Å². The maximum absolute atomic E-state index is 0. The molecule has 0 aliphatic carbocycles. The van der Waals surface area contributed by atoms with E-state index in [0.29, 0.717) is 0 Å². The molecule has 6 nitrogen and oxygen atoms in total. The molecule has 0 aliphatic heterocycles. The maximum atomic E-state index is 0. The van der Waals surface area contributed by atoms with Crippen LogP contribution in [0.4, 0.5) is 0 Å². The molecule has 0 aromatic heterocycles. The van der Waals surface area contributed by atoms with Crippen LogP contribution in [0.5, 0.6) is 0 Å². The van der Waals surface area contributed by atoms with E-state index in [-0.39, 0.29) is 137 Å². The molecule has 57 valence electrons. The van der Waals surface area contributed by atoms with E-state index in [1.165, 1.54) is 0 Å². The van der Waals surface area contributed by atoms with Crippen LogP contribution in [0.25, 0.3) is 0 Å². The molecule has 0 saturated heterocycles. The molecule has 10 heteroatoms. The molecule has 1 radical (unpaired) electrons. The summed E-state index contributed by atoms with van der Waals surface area (Å²) in [6.07, 6.45) is 0. The summed E-state index contributed by atoms with van der Waals surface area (Å²) in [7, 11) is 0. The molecule has 0 bridgehead atoms. The summed E-state index contributed by atoms with van der Waals surface area (Å²) in [5.74, 6) is 0. The maximum Gasteiger partial charge on any atom is 3.00 e. The van der Waals surface area contributed by atoms with E-state index in [2.05, 4.69) is 0 Å². The zero-order chi connectivity index (χ0) is 0. The van der Waals surface area contributed by atoms with Crippen molar-refractivity contribution in [3.63, 3.8) is 0 Å². The van der Waals surface area contributed by atoms with Crippen LogP contribution in [-0.2, 0) is 21.9 Å². The molecular formula is H6AlCeLaO6P. The van der Waals surface area contributed by atoms with Gasteiger partial charge in [0.1, 0.15) is 0 Å². The molecule has 0 saturated carbocycles. The smallest absolute Gasteiger partial charge is 2.00 e. The van der Waals surface area contributed by atoms with E-state index >= 15 is 0 Å². The van der Waals surface area contributed by atoms with Crippen molar-refractivity contribution in [1.29, 1.82) is 0 Å². The first-order chi connectivity index (χ1) is 0. The largest absolute Gasteiger partial charge is 3.00 e. The van der Waals surface area contributed by atoms with Crippen LogP contribution >= 0.6 is 9.90 Å². The van der Waals surface area contributed by atoms with Gasteiger partial charge in [0.15, 0.2) is 0 Å². The molecule has 3 N–H and O–H groups in total. The minimum Gasteiger partial charge on any atom is -2.00 e. The second kappa shape index (κ2) is 145. The van der Waals surface area contributed by atoms with Gasteiger partial charge in [0.05, 0.1) is 0 Å². The Balaban J connectivity index is 0.